The van der Waals surface area contributed by atoms with Gasteiger partial charge < -0.3 is 10.1 Å². The average molecular weight is 431 g/mol. The van der Waals surface area contributed by atoms with Crippen molar-refractivity contribution in [3.8, 4) is 16.9 Å². The fourth-order valence-electron chi connectivity index (χ4n) is 3.12. The van der Waals surface area contributed by atoms with E-state index in [9.17, 15) is 14.4 Å². The van der Waals surface area contributed by atoms with Gasteiger partial charge in [-0.05, 0) is 19.1 Å². The second-order valence-corrected chi connectivity index (χ2v) is 7.25. The van der Waals surface area contributed by atoms with E-state index in [2.05, 4.69) is 20.9 Å². The summed E-state index contributed by atoms with van der Waals surface area (Å²) in [6.07, 6.45) is 0.325. The SMILES string of the molecule is Cc1ccc(-c2cc(NC(=O)COC(=O)C3=NNC(=O)CC3)n(-c3ccccc3)n2)cc1. The summed E-state index contributed by atoms with van der Waals surface area (Å²) in [4.78, 5) is 35.7. The zero-order chi connectivity index (χ0) is 22.5. The van der Waals surface area contributed by atoms with Crippen LogP contribution in [-0.2, 0) is 19.1 Å². The molecule has 2 amide bonds. The molecule has 4 rings (SSSR count). The Morgan fingerprint density at radius 3 is 2.53 bits per heavy atom. The molecule has 2 aromatic carbocycles. The van der Waals surface area contributed by atoms with Crippen molar-refractivity contribution < 1.29 is 19.1 Å². The zero-order valence-corrected chi connectivity index (χ0v) is 17.4. The third-order valence-electron chi connectivity index (χ3n) is 4.80. The molecule has 9 nitrogen and oxygen atoms in total. The molecule has 162 valence electrons. The van der Waals surface area contributed by atoms with Gasteiger partial charge in [-0.1, -0.05) is 48.0 Å². The number of hydrazone groups is 1. The Morgan fingerprint density at radius 2 is 1.84 bits per heavy atom. The number of nitrogens with one attached hydrogen (secondary N) is 2. The minimum absolute atomic E-state index is 0.0772. The van der Waals surface area contributed by atoms with Crippen LogP contribution < -0.4 is 10.7 Å². The second-order valence-electron chi connectivity index (χ2n) is 7.25. The molecular formula is C23H21N5O4. The van der Waals surface area contributed by atoms with Crippen molar-refractivity contribution in [2.24, 2.45) is 5.10 Å². The molecule has 9 heteroatoms. The van der Waals surface area contributed by atoms with Crippen molar-refractivity contribution in [2.45, 2.75) is 19.8 Å². The molecule has 1 aliphatic rings. The number of aromatic nitrogens is 2. The summed E-state index contributed by atoms with van der Waals surface area (Å²) in [5, 5.41) is 11.1. The quantitative estimate of drug-likeness (QED) is 0.582. The van der Waals surface area contributed by atoms with Crippen LogP contribution in [0.5, 0.6) is 0 Å². The molecule has 0 aliphatic carbocycles. The molecular weight excluding hydrogens is 410 g/mol. The first-order valence-corrected chi connectivity index (χ1v) is 10.0. The normalized spacial score (nSPS) is 13.2. The molecule has 0 unspecified atom stereocenters. The summed E-state index contributed by atoms with van der Waals surface area (Å²) in [7, 11) is 0. The molecule has 0 atom stereocenters. The van der Waals surface area contributed by atoms with Crippen LogP contribution in [0.2, 0.25) is 0 Å². The van der Waals surface area contributed by atoms with Crippen molar-refractivity contribution in [1.82, 2.24) is 15.2 Å². The minimum Gasteiger partial charge on any atom is -0.451 e. The zero-order valence-electron chi connectivity index (χ0n) is 17.4. The van der Waals surface area contributed by atoms with E-state index in [1.165, 1.54) is 0 Å². The highest BCUT2D eigenvalue weighted by Crippen LogP contribution is 2.25. The second kappa shape index (κ2) is 9.25. The molecule has 3 aromatic rings. The Balaban J connectivity index is 1.50. The number of carbonyl (C=O) groups is 3. The van der Waals surface area contributed by atoms with Gasteiger partial charge in [0.15, 0.2) is 6.61 Å². The number of aryl methyl sites for hydroxylation is 1. The van der Waals surface area contributed by atoms with Crippen molar-refractivity contribution in [3.63, 3.8) is 0 Å². The highest BCUT2D eigenvalue weighted by Gasteiger charge is 2.21. The molecule has 32 heavy (non-hydrogen) atoms. The largest absolute Gasteiger partial charge is 0.451 e. The fraction of sp³-hybridized carbons (Fsp3) is 0.174. The number of esters is 1. The Kier molecular flexibility index (Phi) is 6.07. The van der Waals surface area contributed by atoms with Gasteiger partial charge in [0.25, 0.3) is 5.91 Å². The number of nitrogens with zero attached hydrogens (tertiary/aromatic N) is 3. The van der Waals surface area contributed by atoms with E-state index in [-0.39, 0.29) is 24.5 Å². The van der Waals surface area contributed by atoms with E-state index in [0.29, 0.717) is 11.5 Å². The smallest absolute Gasteiger partial charge is 0.355 e. The van der Waals surface area contributed by atoms with E-state index in [0.717, 1.165) is 16.8 Å². The van der Waals surface area contributed by atoms with Crippen molar-refractivity contribution in [1.29, 1.82) is 0 Å². The maximum atomic E-state index is 12.5. The predicted octanol–water partition coefficient (Wildman–Crippen LogP) is 2.60. The van der Waals surface area contributed by atoms with Crippen LogP contribution in [-0.4, -0.2) is 39.9 Å². The number of anilines is 1. The van der Waals surface area contributed by atoms with Gasteiger partial charge >= 0.3 is 5.97 Å². The van der Waals surface area contributed by atoms with Crippen LogP contribution in [0.15, 0.2) is 65.8 Å². The van der Waals surface area contributed by atoms with E-state index in [1.54, 1.807) is 10.7 Å². The van der Waals surface area contributed by atoms with Gasteiger partial charge in [0.05, 0.1) is 11.4 Å². The van der Waals surface area contributed by atoms with Crippen molar-refractivity contribution >= 4 is 29.3 Å². The highest BCUT2D eigenvalue weighted by molar-refractivity contribution is 6.37. The van der Waals surface area contributed by atoms with E-state index in [4.69, 9.17) is 4.74 Å². The van der Waals surface area contributed by atoms with Gasteiger partial charge in [-0.25, -0.2) is 14.9 Å². The Hall–Kier alpha value is -4.27. The van der Waals surface area contributed by atoms with Crippen LogP contribution in [0.25, 0.3) is 16.9 Å². The number of rotatable bonds is 6. The number of benzene rings is 2. The van der Waals surface area contributed by atoms with Gasteiger partial charge in [-0.15, -0.1) is 0 Å². The lowest BCUT2D eigenvalue weighted by Crippen LogP contribution is -2.32. The minimum atomic E-state index is -0.739. The number of hydrogen-bond acceptors (Lipinski definition) is 6. The summed E-state index contributed by atoms with van der Waals surface area (Å²) in [5.74, 6) is -1.09. The average Bonchev–Trinajstić information content (AvgIpc) is 3.22. The van der Waals surface area contributed by atoms with Crippen LogP contribution >= 0.6 is 0 Å². The van der Waals surface area contributed by atoms with Gasteiger partial charge in [-0.2, -0.15) is 10.2 Å². The third kappa shape index (κ3) is 4.89. The summed E-state index contributed by atoms with van der Waals surface area (Å²) < 4.78 is 6.66. The summed E-state index contributed by atoms with van der Waals surface area (Å²) >= 11 is 0. The molecule has 2 N–H and O–H groups in total. The summed E-state index contributed by atoms with van der Waals surface area (Å²) in [5.41, 5.74) is 5.80. The van der Waals surface area contributed by atoms with E-state index < -0.39 is 18.5 Å². The lowest BCUT2D eigenvalue weighted by Gasteiger charge is -2.12. The molecule has 0 radical (unpaired) electrons. The van der Waals surface area contributed by atoms with Crippen LogP contribution in [0.4, 0.5) is 5.82 Å². The van der Waals surface area contributed by atoms with E-state index >= 15 is 0 Å². The van der Waals surface area contributed by atoms with Gasteiger partial charge in [0.2, 0.25) is 5.91 Å². The molecule has 2 heterocycles. The topological polar surface area (TPSA) is 115 Å². The monoisotopic (exact) mass is 431 g/mol. The van der Waals surface area contributed by atoms with Crippen molar-refractivity contribution in [3.05, 3.63) is 66.2 Å². The molecule has 0 saturated heterocycles. The maximum absolute atomic E-state index is 12.5. The first kappa shape index (κ1) is 21.0. The Labute approximate surface area is 184 Å². The molecule has 1 aliphatic heterocycles. The molecule has 0 fully saturated rings. The Bertz CT molecular complexity index is 1180. The van der Waals surface area contributed by atoms with Crippen LogP contribution in [0, 0.1) is 6.92 Å². The third-order valence-corrected chi connectivity index (χ3v) is 4.80. The van der Waals surface area contributed by atoms with Gasteiger partial charge in [0, 0.05) is 24.5 Å². The predicted molar refractivity (Wildman–Crippen MR) is 118 cm³/mol. The Morgan fingerprint density at radius 1 is 1.09 bits per heavy atom. The number of ether oxygens (including phenoxy) is 1. The summed E-state index contributed by atoms with van der Waals surface area (Å²) in [6, 6.07) is 19.1. The van der Waals surface area contributed by atoms with Crippen LogP contribution in [0.1, 0.15) is 18.4 Å². The van der Waals surface area contributed by atoms with Crippen LogP contribution in [0.3, 0.4) is 0 Å². The van der Waals surface area contributed by atoms with Crippen molar-refractivity contribution in [2.75, 3.05) is 11.9 Å². The number of hydrogen-bond donors (Lipinski definition) is 2. The standard InChI is InChI=1S/C23H21N5O4/c1-15-7-9-16(10-8-15)19-13-20(28(27-19)17-5-3-2-4-6-17)24-22(30)14-32-23(31)18-11-12-21(29)26-25-18/h2-10,13H,11-12,14H2,1H3,(H,24,30)(H,26,29). The first-order chi connectivity index (χ1) is 15.5. The molecule has 0 spiro atoms. The van der Waals surface area contributed by atoms with E-state index in [1.807, 2.05) is 61.5 Å². The summed E-state index contributed by atoms with van der Waals surface area (Å²) in [6.45, 7) is 1.51. The maximum Gasteiger partial charge on any atom is 0.355 e. The lowest BCUT2D eigenvalue weighted by atomic mass is 10.1. The van der Waals surface area contributed by atoms with Gasteiger partial charge in [0.1, 0.15) is 11.5 Å². The number of amides is 2. The number of carbonyl (C=O) groups excluding carboxylic acids is 3. The highest BCUT2D eigenvalue weighted by atomic mass is 16.5. The lowest BCUT2D eigenvalue weighted by molar-refractivity contribution is -0.140. The molecule has 1 aromatic heterocycles. The molecule has 0 saturated carbocycles. The van der Waals surface area contributed by atoms with Gasteiger partial charge in [-0.3, -0.25) is 9.59 Å². The first-order valence-electron chi connectivity index (χ1n) is 10.0. The molecule has 0 bridgehead atoms. The number of para-hydroxylation sites is 1. The fourth-order valence-corrected chi connectivity index (χ4v) is 3.12.